The van der Waals surface area contributed by atoms with Crippen molar-refractivity contribution >= 4 is 28.9 Å². The van der Waals surface area contributed by atoms with Crippen LogP contribution in [0.2, 0.25) is 0 Å². The van der Waals surface area contributed by atoms with Crippen molar-refractivity contribution in [3.63, 3.8) is 0 Å². The number of carbonyl (C=O) groups excluding carboxylic acids is 3. The number of Topliss-reactive ketones (excluding diaryl/α,β-unsaturated/α-hetero) is 1. The highest BCUT2D eigenvalue weighted by molar-refractivity contribution is 7.15. The van der Waals surface area contributed by atoms with E-state index in [4.69, 9.17) is 0 Å². The number of hydrogen-bond donors (Lipinski definition) is 2. The number of nitrogens with one attached hydrogen (secondary N) is 2. The number of carbonyl (C=O) groups is 3. The van der Waals surface area contributed by atoms with Gasteiger partial charge in [0.05, 0.1) is 9.75 Å². The third-order valence-corrected chi connectivity index (χ3v) is 3.94. The fourth-order valence-corrected chi connectivity index (χ4v) is 2.56. The number of thiophene rings is 1. The lowest BCUT2D eigenvalue weighted by Crippen LogP contribution is -2.46. The highest BCUT2D eigenvalue weighted by atomic mass is 32.1. The predicted molar refractivity (Wildman–Crippen MR) is 79.1 cm³/mol. The number of amides is 2. The van der Waals surface area contributed by atoms with Crippen LogP contribution in [-0.2, 0) is 4.79 Å². The Balaban J connectivity index is 2.78. The molecule has 0 fully saturated rings. The van der Waals surface area contributed by atoms with E-state index in [2.05, 4.69) is 10.6 Å². The van der Waals surface area contributed by atoms with E-state index in [1.807, 2.05) is 13.8 Å². The minimum Gasteiger partial charge on any atom is -0.357 e. The molecule has 1 aromatic heterocycles. The molecule has 0 spiro atoms. The van der Waals surface area contributed by atoms with E-state index in [-0.39, 0.29) is 23.5 Å². The molecule has 1 heterocycles. The molecule has 2 N–H and O–H groups in total. The fourth-order valence-electron chi connectivity index (χ4n) is 1.76. The Hall–Kier alpha value is -1.69. The van der Waals surface area contributed by atoms with Gasteiger partial charge in [-0.25, -0.2) is 0 Å². The molecule has 0 aliphatic carbocycles. The number of likely N-dealkylation sites (N-methyl/N-ethyl adjacent to an activating group) is 1. The summed E-state index contributed by atoms with van der Waals surface area (Å²) in [5.74, 6) is -0.319. The molecule has 0 unspecified atom stereocenters. The lowest BCUT2D eigenvalue weighted by atomic mass is 10.0. The molecule has 1 aromatic rings. The normalized spacial score (nSPS) is 12.1. The summed E-state index contributed by atoms with van der Waals surface area (Å²) >= 11 is 1.14. The van der Waals surface area contributed by atoms with Crippen molar-refractivity contribution in [3.05, 3.63) is 21.9 Å². The zero-order chi connectivity index (χ0) is 15.3. The van der Waals surface area contributed by atoms with Crippen molar-refractivity contribution in [1.29, 1.82) is 0 Å². The fraction of sp³-hybridized carbons (Fsp3) is 0.500. The van der Waals surface area contributed by atoms with Crippen molar-refractivity contribution in [1.82, 2.24) is 10.6 Å². The second-order valence-corrected chi connectivity index (χ2v) is 6.07. The van der Waals surface area contributed by atoms with Crippen LogP contribution >= 0.6 is 11.3 Å². The van der Waals surface area contributed by atoms with Crippen LogP contribution in [0.25, 0.3) is 0 Å². The summed E-state index contributed by atoms with van der Waals surface area (Å²) < 4.78 is 0. The van der Waals surface area contributed by atoms with Gasteiger partial charge in [-0.3, -0.25) is 14.4 Å². The molecule has 1 rings (SSSR count). The van der Waals surface area contributed by atoms with Gasteiger partial charge >= 0.3 is 0 Å². The first-order valence-corrected chi connectivity index (χ1v) is 7.30. The van der Waals surface area contributed by atoms with Crippen LogP contribution in [0, 0.1) is 5.92 Å². The number of rotatable bonds is 6. The van der Waals surface area contributed by atoms with Gasteiger partial charge in [0.25, 0.3) is 5.91 Å². The van der Waals surface area contributed by atoms with Gasteiger partial charge in [0.15, 0.2) is 5.78 Å². The Bertz CT molecular complexity index is 508. The molecule has 0 saturated carbocycles. The molecule has 0 aliphatic rings. The van der Waals surface area contributed by atoms with Crippen LogP contribution < -0.4 is 10.6 Å². The average Bonchev–Trinajstić information content (AvgIpc) is 2.86. The highest BCUT2D eigenvalue weighted by Gasteiger charge is 2.22. The van der Waals surface area contributed by atoms with E-state index in [1.54, 1.807) is 19.2 Å². The first-order chi connectivity index (χ1) is 9.35. The van der Waals surface area contributed by atoms with Gasteiger partial charge < -0.3 is 10.6 Å². The zero-order valence-corrected chi connectivity index (χ0v) is 13.0. The largest absolute Gasteiger partial charge is 0.357 e. The summed E-state index contributed by atoms with van der Waals surface area (Å²) in [7, 11) is 1.54. The maximum absolute atomic E-state index is 12.1. The topological polar surface area (TPSA) is 75.3 Å². The third-order valence-electron chi connectivity index (χ3n) is 2.75. The smallest absolute Gasteiger partial charge is 0.262 e. The molecule has 0 aromatic carbocycles. The Labute approximate surface area is 122 Å². The van der Waals surface area contributed by atoms with Crippen LogP contribution in [0.3, 0.4) is 0 Å². The van der Waals surface area contributed by atoms with Crippen LogP contribution in [0.1, 0.15) is 46.5 Å². The molecule has 0 aliphatic heterocycles. The van der Waals surface area contributed by atoms with E-state index in [1.165, 1.54) is 6.92 Å². The first-order valence-electron chi connectivity index (χ1n) is 6.48. The van der Waals surface area contributed by atoms with Gasteiger partial charge in [-0.05, 0) is 31.4 Å². The summed E-state index contributed by atoms with van der Waals surface area (Å²) in [6, 6.07) is 2.67. The Morgan fingerprint density at radius 1 is 1.20 bits per heavy atom. The summed E-state index contributed by atoms with van der Waals surface area (Å²) in [6.07, 6.45) is 0.566. The maximum Gasteiger partial charge on any atom is 0.262 e. The van der Waals surface area contributed by atoms with Gasteiger partial charge in [0, 0.05) is 7.05 Å². The summed E-state index contributed by atoms with van der Waals surface area (Å²) in [6.45, 7) is 5.43. The van der Waals surface area contributed by atoms with Crippen molar-refractivity contribution in [3.8, 4) is 0 Å². The average molecular weight is 296 g/mol. The van der Waals surface area contributed by atoms with Crippen LogP contribution in [0.15, 0.2) is 12.1 Å². The van der Waals surface area contributed by atoms with Gasteiger partial charge in [0.2, 0.25) is 5.91 Å². The summed E-state index contributed by atoms with van der Waals surface area (Å²) in [5.41, 5.74) is 0. The SMILES string of the molecule is CNC(=O)[C@@H](CC(C)C)NC(=O)c1ccc(C(C)=O)s1. The quantitative estimate of drug-likeness (QED) is 0.787. The van der Waals surface area contributed by atoms with Crippen molar-refractivity contribution in [2.45, 2.75) is 33.2 Å². The molecular weight excluding hydrogens is 276 g/mol. The van der Waals surface area contributed by atoms with E-state index >= 15 is 0 Å². The lowest BCUT2D eigenvalue weighted by Gasteiger charge is -2.18. The second kappa shape index (κ2) is 7.19. The van der Waals surface area contributed by atoms with Crippen LogP contribution in [0.5, 0.6) is 0 Å². The molecule has 0 saturated heterocycles. The van der Waals surface area contributed by atoms with E-state index in [9.17, 15) is 14.4 Å². The van der Waals surface area contributed by atoms with Gasteiger partial charge in [-0.1, -0.05) is 13.8 Å². The molecule has 0 bridgehead atoms. The Morgan fingerprint density at radius 3 is 2.25 bits per heavy atom. The van der Waals surface area contributed by atoms with E-state index in [0.29, 0.717) is 16.2 Å². The van der Waals surface area contributed by atoms with E-state index < -0.39 is 6.04 Å². The van der Waals surface area contributed by atoms with Crippen LogP contribution in [0.4, 0.5) is 0 Å². The summed E-state index contributed by atoms with van der Waals surface area (Å²) in [5, 5.41) is 5.26. The standard InChI is InChI=1S/C14H20N2O3S/c1-8(2)7-10(13(18)15-4)16-14(19)12-6-5-11(20-12)9(3)17/h5-6,8,10H,7H2,1-4H3,(H,15,18)(H,16,19)/t10-/m1/s1. The van der Waals surface area contributed by atoms with Gasteiger partial charge in [-0.15, -0.1) is 11.3 Å². The minimum atomic E-state index is -0.560. The molecule has 2 amide bonds. The monoisotopic (exact) mass is 296 g/mol. The van der Waals surface area contributed by atoms with Crippen molar-refractivity contribution in [2.75, 3.05) is 7.05 Å². The molecule has 110 valence electrons. The highest BCUT2D eigenvalue weighted by Crippen LogP contribution is 2.17. The van der Waals surface area contributed by atoms with Gasteiger partial charge in [0.1, 0.15) is 6.04 Å². The third kappa shape index (κ3) is 4.45. The Kier molecular flexibility index (Phi) is 5.88. The molecule has 1 atom stereocenters. The maximum atomic E-state index is 12.1. The first kappa shape index (κ1) is 16.4. The number of hydrogen-bond acceptors (Lipinski definition) is 4. The van der Waals surface area contributed by atoms with Crippen molar-refractivity contribution in [2.24, 2.45) is 5.92 Å². The van der Waals surface area contributed by atoms with Crippen LogP contribution in [-0.4, -0.2) is 30.7 Å². The lowest BCUT2D eigenvalue weighted by molar-refractivity contribution is -0.122. The van der Waals surface area contributed by atoms with E-state index in [0.717, 1.165) is 11.3 Å². The molecule has 5 nitrogen and oxygen atoms in total. The molecule has 0 radical (unpaired) electrons. The van der Waals surface area contributed by atoms with Crippen molar-refractivity contribution < 1.29 is 14.4 Å². The molecule has 20 heavy (non-hydrogen) atoms. The minimum absolute atomic E-state index is 0.0703. The second-order valence-electron chi connectivity index (χ2n) is 4.99. The molecule has 6 heteroatoms. The Morgan fingerprint density at radius 2 is 1.80 bits per heavy atom. The summed E-state index contributed by atoms with van der Waals surface area (Å²) in [4.78, 5) is 36.0. The molecular formula is C14H20N2O3S. The zero-order valence-electron chi connectivity index (χ0n) is 12.1. The predicted octanol–water partition coefficient (Wildman–Crippen LogP) is 1.84. The number of ketones is 1. The van der Waals surface area contributed by atoms with Gasteiger partial charge in [-0.2, -0.15) is 0 Å².